The second-order valence-corrected chi connectivity index (χ2v) is 11.5. The molecule has 0 saturated carbocycles. The van der Waals surface area contributed by atoms with Gasteiger partial charge in [0.05, 0.1) is 0 Å². The SMILES string of the molecule is CCCCC1=C(c2cccc(CCCC)c2)[N+](=[N-])C(c2cccc(CCCC)c2)=C1CCCC.CC[N-]CC.CC[N-]CC.[Ni+2]. The van der Waals surface area contributed by atoms with Crippen molar-refractivity contribution in [2.24, 2.45) is 0 Å². The topological polar surface area (TPSA) is 53.5 Å². The fourth-order valence-electron chi connectivity index (χ4n) is 5.45. The molecule has 0 saturated heterocycles. The van der Waals surface area contributed by atoms with Gasteiger partial charge in [-0.05, 0) is 86.8 Å². The Morgan fingerprint density at radius 3 is 1.13 bits per heavy atom. The maximum atomic E-state index is 11.7. The maximum Gasteiger partial charge on any atom is 2.00 e. The molecule has 0 aromatic heterocycles. The van der Waals surface area contributed by atoms with Crippen molar-refractivity contribution in [2.75, 3.05) is 26.2 Å². The summed E-state index contributed by atoms with van der Waals surface area (Å²) in [4.78, 5) is 0. The van der Waals surface area contributed by atoms with Crippen LogP contribution in [0.15, 0.2) is 59.7 Å². The normalized spacial score (nSPS) is 12.4. The molecule has 0 N–H and O–H groups in total. The number of aryl methyl sites for hydroxylation is 2. The van der Waals surface area contributed by atoms with Crippen LogP contribution in [0.4, 0.5) is 0 Å². The smallest absolute Gasteiger partial charge is 0.663 e. The molecular weight excluding hydrogens is 595 g/mol. The number of nitrogens with zero attached hydrogens (tertiary/aromatic N) is 4. The molecule has 0 fully saturated rings. The molecule has 0 bridgehead atoms. The van der Waals surface area contributed by atoms with E-state index in [0.717, 1.165) is 100 Å². The molecule has 45 heavy (non-hydrogen) atoms. The summed E-state index contributed by atoms with van der Waals surface area (Å²) in [7, 11) is 0. The maximum absolute atomic E-state index is 11.7. The first-order valence-corrected chi connectivity index (χ1v) is 17.9. The molecule has 0 unspecified atom stereocenters. The zero-order valence-electron chi connectivity index (χ0n) is 30.0. The molecule has 1 heterocycles. The molecule has 0 atom stereocenters. The van der Waals surface area contributed by atoms with Gasteiger partial charge in [-0.3, -0.25) is 0 Å². The summed E-state index contributed by atoms with van der Waals surface area (Å²) in [5, 5.41) is 7.94. The van der Waals surface area contributed by atoms with Gasteiger partial charge in [-0.1, -0.05) is 105 Å². The van der Waals surface area contributed by atoms with Gasteiger partial charge in [0, 0.05) is 22.3 Å². The van der Waals surface area contributed by atoms with Gasteiger partial charge >= 0.3 is 16.5 Å². The van der Waals surface area contributed by atoms with Crippen molar-refractivity contribution in [3.63, 3.8) is 0 Å². The second kappa shape index (κ2) is 27.1. The predicted octanol–water partition coefficient (Wildman–Crippen LogP) is 12.7. The van der Waals surface area contributed by atoms with E-state index < -0.39 is 0 Å². The van der Waals surface area contributed by atoms with Crippen LogP contribution in [0.5, 0.6) is 0 Å². The minimum absolute atomic E-state index is 0. The van der Waals surface area contributed by atoms with Crippen LogP contribution >= 0.6 is 0 Å². The van der Waals surface area contributed by atoms with E-state index in [1.54, 1.807) is 0 Å². The van der Waals surface area contributed by atoms with E-state index in [-0.39, 0.29) is 16.5 Å². The Morgan fingerprint density at radius 2 is 0.844 bits per heavy atom. The molecular formula is C40H64N4Ni. The number of unbranched alkanes of at least 4 members (excludes halogenated alkanes) is 4. The van der Waals surface area contributed by atoms with Crippen molar-refractivity contribution in [1.82, 2.24) is 0 Å². The first kappa shape index (κ1) is 42.9. The van der Waals surface area contributed by atoms with Gasteiger partial charge in [-0.25, -0.2) is 4.70 Å². The van der Waals surface area contributed by atoms with Crippen LogP contribution in [0.2, 0.25) is 0 Å². The van der Waals surface area contributed by atoms with Crippen LogP contribution in [0.3, 0.4) is 0 Å². The molecule has 5 heteroatoms. The molecule has 1 aliphatic heterocycles. The number of hydrogen-bond donors (Lipinski definition) is 0. The number of rotatable bonds is 18. The van der Waals surface area contributed by atoms with Crippen molar-refractivity contribution < 1.29 is 21.2 Å². The summed E-state index contributed by atoms with van der Waals surface area (Å²) in [6, 6.07) is 17.7. The summed E-state index contributed by atoms with van der Waals surface area (Å²) >= 11 is 0. The summed E-state index contributed by atoms with van der Waals surface area (Å²) in [5.41, 5.74) is 21.5. The first-order valence-electron chi connectivity index (χ1n) is 17.9. The molecule has 0 amide bonds. The summed E-state index contributed by atoms with van der Waals surface area (Å²) < 4.78 is 1.54. The van der Waals surface area contributed by atoms with Gasteiger partial charge in [0.1, 0.15) is 0 Å². The van der Waals surface area contributed by atoms with Crippen LogP contribution in [0, 0.1) is 0 Å². The molecule has 0 aliphatic carbocycles. The average molecular weight is 660 g/mol. The van der Waals surface area contributed by atoms with Gasteiger partial charge in [0.25, 0.3) is 0 Å². The quantitative estimate of drug-likeness (QED) is 0.113. The zero-order valence-corrected chi connectivity index (χ0v) is 31.0. The third kappa shape index (κ3) is 15.4. The van der Waals surface area contributed by atoms with E-state index >= 15 is 0 Å². The summed E-state index contributed by atoms with van der Waals surface area (Å²) in [6.45, 7) is 21.1. The van der Waals surface area contributed by atoms with Crippen molar-refractivity contribution in [2.45, 2.75) is 132 Å². The fourth-order valence-corrected chi connectivity index (χ4v) is 5.45. The van der Waals surface area contributed by atoms with Crippen molar-refractivity contribution in [3.05, 3.63) is 98.1 Å². The van der Waals surface area contributed by atoms with Gasteiger partial charge in [-0.2, -0.15) is 26.2 Å². The fraction of sp³-hybridized carbons (Fsp3) is 0.600. The molecule has 2 aromatic rings. The summed E-state index contributed by atoms with van der Waals surface area (Å²) in [6.07, 6.45) is 13.6. The van der Waals surface area contributed by atoms with Crippen LogP contribution in [0.1, 0.15) is 142 Å². The van der Waals surface area contributed by atoms with Crippen molar-refractivity contribution in [3.8, 4) is 0 Å². The van der Waals surface area contributed by atoms with E-state index in [4.69, 9.17) is 0 Å². The van der Waals surface area contributed by atoms with E-state index in [2.05, 4.69) is 86.9 Å². The van der Waals surface area contributed by atoms with Gasteiger partial charge in [0.15, 0.2) is 0 Å². The van der Waals surface area contributed by atoms with E-state index in [9.17, 15) is 5.53 Å². The molecule has 254 valence electrons. The third-order valence-electron chi connectivity index (χ3n) is 7.85. The predicted molar refractivity (Wildman–Crippen MR) is 195 cm³/mol. The average Bonchev–Trinajstić information content (AvgIpc) is 3.32. The summed E-state index contributed by atoms with van der Waals surface area (Å²) in [5.74, 6) is 0. The van der Waals surface area contributed by atoms with Crippen LogP contribution in [-0.2, 0) is 29.3 Å². The molecule has 0 radical (unpaired) electrons. The Hall–Kier alpha value is -2.07. The molecule has 1 aliphatic rings. The van der Waals surface area contributed by atoms with Gasteiger partial charge in [-0.15, -0.1) is 0 Å². The van der Waals surface area contributed by atoms with Gasteiger partial charge in [0.2, 0.25) is 11.4 Å². The first-order chi connectivity index (χ1) is 21.5. The Kier molecular flexibility index (Phi) is 25.8. The van der Waals surface area contributed by atoms with Crippen LogP contribution < -0.4 is 0 Å². The third-order valence-corrected chi connectivity index (χ3v) is 7.85. The Bertz CT molecular complexity index is 1040. The molecule has 4 nitrogen and oxygen atoms in total. The standard InChI is InChI=1S/C32H44N2.2C4H10N.Ni/c1-5-9-15-25-17-13-19-27(23-25)31-29(21-11-7-3)30(22-12-8-4)32(34(31)33)28-20-14-18-26(24-28)16-10-6-2;2*1-3-5-4-2;/h13-14,17-20,23-24H,5-12,15-16,21-22H2,1-4H3;2*3-4H2,1-2H3;/q;2*-1;+2. The Morgan fingerprint density at radius 1 is 0.511 bits per heavy atom. The van der Waals surface area contributed by atoms with Crippen molar-refractivity contribution in [1.29, 1.82) is 0 Å². The second-order valence-electron chi connectivity index (χ2n) is 11.5. The molecule has 0 spiro atoms. The zero-order chi connectivity index (χ0) is 32.6. The largest absolute Gasteiger partial charge is 2.00 e. The van der Waals surface area contributed by atoms with Crippen LogP contribution in [0.25, 0.3) is 27.6 Å². The van der Waals surface area contributed by atoms with E-state index in [1.165, 1.54) is 52.7 Å². The number of benzene rings is 2. The van der Waals surface area contributed by atoms with Crippen LogP contribution in [-0.4, -0.2) is 30.9 Å². The van der Waals surface area contributed by atoms with E-state index in [0.29, 0.717) is 0 Å². The molecule has 3 rings (SSSR count). The van der Waals surface area contributed by atoms with E-state index in [1.807, 2.05) is 27.7 Å². The molecule has 2 aromatic carbocycles. The van der Waals surface area contributed by atoms with Crippen molar-refractivity contribution >= 4 is 11.4 Å². The minimum Gasteiger partial charge on any atom is -0.663 e. The minimum atomic E-state index is 0. The Balaban J connectivity index is 0.00000153. The van der Waals surface area contributed by atoms with Gasteiger partial charge < -0.3 is 16.2 Å². The monoisotopic (exact) mass is 658 g/mol. The Labute approximate surface area is 288 Å². The number of allylic oxidation sites excluding steroid dienone is 2. The number of hydrogen-bond acceptors (Lipinski definition) is 0.